The van der Waals surface area contributed by atoms with E-state index in [2.05, 4.69) is 49.5 Å². The van der Waals surface area contributed by atoms with Gasteiger partial charge in [-0.05, 0) is 110 Å². The topological polar surface area (TPSA) is 64.8 Å². The van der Waals surface area contributed by atoms with Gasteiger partial charge >= 0.3 is 0 Å². The zero-order valence-corrected chi connectivity index (χ0v) is 18.6. The molecule has 1 aromatic rings. The van der Waals surface area contributed by atoms with Crippen molar-refractivity contribution in [1.29, 1.82) is 0 Å². The lowest BCUT2D eigenvalue weighted by Crippen LogP contribution is -2.50. The number of fused-ring (bicyclic) bond motifs is 5. The summed E-state index contributed by atoms with van der Waals surface area (Å²) in [6.45, 7) is 7.80. The summed E-state index contributed by atoms with van der Waals surface area (Å²) in [6.07, 6.45) is 8.35. The van der Waals surface area contributed by atoms with Crippen molar-refractivity contribution in [3.63, 3.8) is 0 Å². The molecule has 4 nitrogen and oxygen atoms in total. The van der Waals surface area contributed by atoms with Gasteiger partial charge in [0.25, 0.3) is 0 Å². The van der Waals surface area contributed by atoms with E-state index in [4.69, 9.17) is 0 Å². The molecule has 3 N–H and O–H groups in total. The van der Waals surface area contributed by atoms with Crippen LogP contribution < -0.4 is 5.32 Å². The highest BCUT2D eigenvalue weighted by Crippen LogP contribution is 2.54. The smallest absolute Gasteiger partial charge is 0.0795 e. The molecule has 162 valence electrons. The molecule has 0 radical (unpaired) electrons. The molecule has 30 heavy (non-hydrogen) atoms. The van der Waals surface area contributed by atoms with Gasteiger partial charge < -0.3 is 15.6 Å². The molecule has 1 saturated carbocycles. The zero-order valence-electron chi connectivity index (χ0n) is 18.6. The quantitative estimate of drug-likeness (QED) is 0.492. The predicted molar refractivity (Wildman–Crippen MR) is 120 cm³/mol. The molecule has 0 amide bonds. The Morgan fingerprint density at radius 1 is 1.17 bits per heavy atom. The third-order valence-electron chi connectivity index (χ3n) is 8.75. The molecule has 3 aliphatic carbocycles. The Balaban J connectivity index is 1.42. The second-order valence-corrected chi connectivity index (χ2v) is 10.4. The predicted octanol–water partition coefficient (Wildman–Crippen LogP) is 4.67. The maximum absolute atomic E-state index is 10.7. The van der Waals surface area contributed by atoms with Crippen molar-refractivity contribution < 1.29 is 10.3 Å². The van der Waals surface area contributed by atoms with Gasteiger partial charge in [0.15, 0.2) is 0 Å². The number of nitrogens with zero attached hydrogens (tertiary/aromatic N) is 1. The van der Waals surface area contributed by atoms with Gasteiger partial charge in [-0.25, -0.2) is 0 Å². The first-order valence-corrected chi connectivity index (χ1v) is 11.9. The Labute approximate surface area is 180 Å². The highest BCUT2D eigenvalue weighted by atomic mass is 16.4. The van der Waals surface area contributed by atoms with Crippen LogP contribution in [0.1, 0.15) is 80.0 Å². The lowest BCUT2D eigenvalue weighted by molar-refractivity contribution is 0.0657. The number of oxime groups is 1. The van der Waals surface area contributed by atoms with Crippen LogP contribution in [0, 0.1) is 24.7 Å². The molecule has 0 bridgehead atoms. The van der Waals surface area contributed by atoms with Crippen LogP contribution in [0.4, 0.5) is 0 Å². The fraction of sp³-hybridized carbons (Fsp3) is 0.654. The summed E-state index contributed by atoms with van der Waals surface area (Å²) < 4.78 is 0. The fourth-order valence-electron chi connectivity index (χ4n) is 7.16. The van der Waals surface area contributed by atoms with E-state index in [9.17, 15) is 10.3 Å². The Hall–Kier alpha value is -1.65. The largest absolute Gasteiger partial charge is 0.411 e. The SMILES string of the molecule is Cc1c([C@H](C)[C@@H]2NC[C@@H](C)C[C@H]2O)ccc2c1C[C@@H]1[C@H]3CC/C(=N\O)C=C3CC[C@@H]21. The average Bonchev–Trinajstić information content (AvgIpc) is 3.13. The number of allylic oxidation sites excluding steroid dienone is 2. The van der Waals surface area contributed by atoms with Gasteiger partial charge in [-0.15, -0.1) is 0 Å². The van der Waals surface area contributed by atoms with Gasteiger partial charge in [0.2, 0.25) is 0 Å². The summed E-state index contributed by atoms with van der Waals surface area (Å²) in [5.41, 5.74) is 8.40. The summed E-state index contributed by atoms with van der Waals surface area (Å²) in [6, 6.07) is 4.91. The lowest BCUT2D eigenvalue weighted by Gasteiger charge is -2.38. The third-order valence-corrected chi connectivity index (χ3v) is 8.75. The minimum Gasteiger partial charge on any atom is -0.411 e. The highest BCUT2D eigenvalue weighted by Gasteiger charge is 2.44. The molecule has 1 heterocycles. The van der Waals surface area contributed by atoms with E-state index < -0.39 is 0 Å². The Morgan fingerprint density at radius 2 is 1.97 bits per heavy atom. The van der Waals surface area contributed by atoms with Crippen LogP contribution in [-0.2, 0) is 6.42 Å². The summed E-state index contributed by atoms with van der Waals surface area (Å²) in [7, 11) is 0. The number of aliphatic hydroxyl groups excluding tert-OH is 1. The molecule has 0 aromatic heterocycles. The van der Waals surface area contributed by atoms with Crippen LogP contribution in [-0.4, -0.2) is 34.7 Å². The van der Waals surface area contributed by atoms with Crippen molar-refractivity contribution in [1.82, 2.24) is 5.32 Å². The van der Waals surface area contributed by atoms with Crippen LogP contribution in [0.3, 0.4) is 0 Å². The maximum atomic E-state index is 10.7. The first-order chi connectivity index (χ1) is 14.5. The first kappa shape index (κ1) is 20.3. The number of nitrogens with one attached hydrogen (secondary N) is 1. The number of piperidine rings is 1. The van der Waals surface area contributed by atoms with Gasteiger partial charge in [0, 0.05) is 6.04 Å². The van der Waals surface area contributed by atoms with E-state index in [0.29, 0.717) is 29.6 Å². The summed E-state index contributed by atoms with van der Waals surface area (Å²) >= 11 is 0. The van der Waals surface area contributed by atoms with Crippen molar-refractivity contribution in [2.45, 2.75) is 83.3 Å². The molecule has 1 aliphatic heterocycles. The van der Waals surface area contributed by atoms with Gasteiger partial charge in [0.1, 0.15) is 0 Å². The van der Waals surface area contributed by atoms with Crippen LogP contribution in [0.25, 0.3) is 0 Å². The number of aliphatic hydroxyl groups is 1. The molecule has 1 aromatic carbocycles. The molecular formula is C26H36N2O2. The zero-order chi connectivity index (χ0) is 21.0. The highest BCUT2D eigenvalue weighted by molar-refractivity contribution is 5.96. The van der Waals surface area contributed by atoms with E-state index in [-0.39, 0.29) is 12.1 Å². The normalized spacial score (nSPS) is 37.9. The van der Waals surface area contributed by atoms with Gasteiger partial charge in [0.05, 0.1) is 11.8 Å². The van der Waals surface area contributed by atoms with Crippen LogP contribution in [0.2, 0.25) is 0 Å². The molecular weight excluding hydrogens is 372 g/mol. The van der Waals surface area contributed by atoms with Crippen LogP contribution in [0.5, 0.6) is 0 Å². The maximum Gasteiger partial charge on any atom is 0.0795 e. The van der Waals surface area contributed by atoms with Crippen molar-refractivity contribution >= 4 is 5.71 Å². The summed E-state index contributed by atoms with van der Waals surface area (Å²) in [4.78, 5) is 0. The monoisotopic (exact) mass is 408 g/mol. The summed E-state index contributed by atoms with van der Waals surface area (Å²) in [5, 5.41) is 27.0. The number of hydrogen-bond acceptors (Lipinski definition) is 4. The Bertz CT molecular complexity index is 889. The Morgan fingerprint density at radius 3 is 2.73 bits per heavy atom. The first-order valence-electron chi connectivity index (χ1n) is 11.9. The molecule has 1 saturated heterocycles. The van der Waals surface area contributed by atoms with E-state index in [1.165, 1.54) is 29.5 Å². The van der Waals surface area contributed by atoms with E-state index in [1.54, 1.807) is 11.1 Å². The van der Waals surface area contributed by atoms with Crippen molar-refractivity contribution in [2.75, 3.05) is 6.54 Å². The van der Waals surface area contributed by atoms with Crippen LogP contribution >= 0.6 is 0 Å². The molecule has 0 spiro atoms. The van der Waals surface area contributed by atoms with Gasteiger partial charge in [-0.1, -0.05) is 36.7 Å². The molecule has 7 atom stereocenters. The van der Waals surface area contributed by atoms with Crippen molar-refractivity contribution in [3.8, 4) is 0 Å². The number of rotatable bonds is 2. The molecule has 2 fully saturated rings. The van der Waals surface area contributed by atoms with Gasteiger partial charge in [-0.3, -0.25) is 0 Å². The van der Waals surface area contributed by atoms with Gasteiger partial charge in [-0.2, -0.15) is 0 Å². The number of benzene rings is 1. The van der Waals surface area contributed by atoms with Crippen molar-refractivity contribution in [3.05, 3.63) is 46.0 Å². The second-order valence-electron chi connectivity index (χ2n) is 10.4. The summed E-state index contributed by atoms with van der Waals surface area (Å²) in [5.74, 6) is 2.88. The van der Waals surface area contributed by atoms with E-state index >= 15 is 0 Å². The minimum absolute atomic E-state index is 0.144. The standard InChI is InChI=1S/C26H36N2O2/c1-14-10-25(29)26(27-13-14)16(3)19-8-9-21-22-6-4-17-11-18(28-30)5-7-20(17)24(22)12-23(21)15(19)2/h8-9,11,14,16,20,22,24-27,29-30H,4-7,10,12-13H2,1-3H3/b28-18+/t14-,16-,20-,22-,24+,25+,26-/m0/s1. The average molecular weight is 409 g/mol. The lowest BCUT2D eigenvalue weighted by atomic mass is 9.66. The Kier molecular flexibility index (Phi) is 5.27. The third kappa shape index (κ3) is 3.23. The second kappa shape index (κ2) is 7.80. The van der Waals surface area contributed by atoms with Crippen molar-refractivity contribution in [2.24, 2.45) is 22.9 Å². The fourth-order valence-corrected chi connectivity index (χ4v) is 7.16. The minimum atomic E-state index is -0.267. The molecule has 4 aliphatic rings. The van der Waals surface area contributed by atoms with E-state index in [1.807, 2.05) is 0 Å². The molecule has 0 unspecified atom stereocenters. The number of hydrogen-bond donors (Lipinski definition) is 3. The van der Waals surface area contributed by atoms with E-state index in [0.717, 1.165) is 37.9 Å². The molecule has 4 heteroatoms. The van der Waals surface area contributed by atoms with Crippen LogP contribution in [0.15, 0.2) is 28.9 Å². The molecule has 5 rings (SSSR count).